The second kappa shape index (κ2) is 5.15. The van der Waals surface area contributed by atoms with Crippen LogP contribution in [0.1, 0.15) is 25.7 Å². The summed E-state index contributed by atoms with van der Waals surface area (Å²) >= 11 is 0. The monoisotopic (exact) mass is 227 g/mol. The number of amides is 1. The zero-order valence-corrected chi connectivity index (χ0v) is 10.1. The van der Waals surface area contributed by atoms with Crippen molar-refractivity contribution in [2.24, 2.45) is 17.8 Å². The fourth-order valence-corrected chi connectivity index (χ4v) is 3.14. The second-order valence-electron chi connectivity index (χ2n) is 4.93. The molecular weight excluding hydrogens is 206 g/mol. The van der Waals surface area contributed by atoms with Crippen molar-refractivity contribution < 1.29 is 14.3 Å². The molecule has 3 unspecified atom stereocenters. The summed E-state index contributed by atoms with van der Waals surface area (Å²) in [6, 6.07) is 0. The summed E-state index contributed by atoms with van der Waals surface area (Å²) in [5.74, 6) is 1.87. The van der Waals surface area contributed by atoms with E-state index in [2.05, 4.69) is 5.32 Å². The number of carbonyl (C=O) groups excluding carboxylic acids is 1. The van der Waals surface area contributed by atoms with Crippen LogP contribution >= 0.6 is 0 Å². The zero-order valence-electron chi connectivity index (χ0n) is 10.1. The fraction of sp³-hybridized carbons (Fsp3) is 0.917. The van der Waals surface area contributed by atoms with Gasteiger partial charge in [-0.2, -0.15) is 0 Å². The highest BCUT2D eigenvalue weighted by Gasteiger charge is 2.42. The lowest BCUT2D eigenvalue weighted by Gasteiger charge is -2.22. The van der Waals surface area contributed by atoms with E-state index in [1.54, 1.807) is 14.2 Å². The van der Waals surface area contributed by atoms with Gasteiger partial charge in [-0.05, 0) is 31.1 Å². The van der Waals surface area contributed by atoms with Crippen molar-refractivity contribution in [3.8, 4) is 0 Å². The molecule has 4 nitrogen and oxygen atoms in total. The molecule has 0 aromatic rings. The molecule has 92 valence electrons. The van der Waals surface area contributed by atoms with Crippen molar-refractivity contribution in [1.29, 1.82) is 0 Å². The highest BCUT2D eigenvalue weighted by molar-refractivity contribution is 5.79. The molecular formula is C12H21NO3. The third-order valence-electron chi connectivity index (χ3n) is 4.04. The predicted octanol–water partition coefficient (Wildman–Crippen LogP) is 1.16. The van der Waals surface area contributed by atoms with E-state index < -0.39 is 0 Å². The van der Waals surface area contributed by atoms with Crippen molar-refractivity contribution in [2.45, 2.75) is 32.0 Å². The van der Waals surface area contributed by atoms with Gasteiger partial charge in [0.15, 0.2) is 6.29 Å². The highest BCUT2D eigenvalue weighted by atomic mass is 16.7. The number of ether oxygens (including phenoxy) is 2. The number of fused-ring (bicyclic) bond motifs is 2. The lowest BCUT2D eigenvalue weighted by molar-refractivity contribution is -0.132. The maximum absolute atomic E-state index is 11.9. The molecule has 0 radical (unpaired) electrons. The van der Waals surface area contributed by atoms with Crippen molar-refractivity contribution in [3.63, 3.8) is 0 Å². The van der Waals surface area contributed by atoms with Gasteiger partial charge in [0.1, 0.15) is 0 Å². The Balaban J connectivity index is 1.76. The smallest absolute Gasteiger partial charge is 0.223 e. The zero-order chi connectivity index (χ0) is 11.5. The normalized spacial score (nSPS) is 32.3. The Morgan fingerprint density at radius 2 is 2.06 bits per heavy atom. The van der Waals surface area contributed by atoms with Gasteiger partial charge in [0, 0.05) is 20.1 Å². The van der Waals surface area contributed by atoms with Gasteiger partial charge >= 0.3 is 0 Å². The number of hydrogen-bond donors (Lipinski definition) is 1. The van der Waals surface area contributed by atoms with E-state index in [9.17, 15) is 4.79 Å². The van der Waals surface area contributed by atoms with E-state index in [-0.39, 0.29) is 18.1 Å². The Hall–Kier alpha value is -0.610. The number of nitrogens with one attached hydrogen (secondary N) is 1. The van der Waals surface area contributed by atoms with Gasteiger partial charge in [0.2, 0.25) is 5.91 Å². The van der Waals surface area contributed by atoms with Crippen LogP contribution in [0.5, 0.6) is 0 Å². The third kappa shape index (κ3) is 2.38. The summed E-state index contributed by atoms with van der Waals surface area (Å²) in [5.41, 5.74) is 0. The summed E-state index contributed by atoms with van der Waals surface area (Å²) in [6.45, 7) is 0.444. The van der Waals surface area contributed by atoms with Crippen LogP contribution in [0.3, 0.4) is 0 Å². The maximum atomic E-state index is 11.9. The first-order chi connectivity index (χ1) is 7.74. The molecule has 2 saturated carbocycles. The number of hydrogen-bond acceptors (Lipinski definition) is 3. The third-order valence-corrected chi connectivity index (χ3v) is 4.04. The van der Waals surface area contributed by atoms with Crippen molar-refractivity contribution in [1.82, 2.24) is 5.32 Å². The van der Waals surface area contributed by atoms with Crippen molar-refractivity contribution in [2.75, 3.05) is 20.8 Å². The molecule has 0 heterocycles. The Morgan fingerprint density at radius 3 is 2.56 bits per heavy atom. The minimum atomic E-state index is -0.331. The second-order valence-corrected chi connectivity index (χ2v) is 4.93. The average Bonchev–Trinajstić information content (AvgIpc) is 2.91. The molecule has 0 saturated heterocycles. The first-order valence-electron chi connectivity index (χ1n) is 6.08. The van der Waals surface area contributed by atoms with E-state index in [0.29, 0.717) is 12.5 Å². The van der Waals surface area contributed by atoms with E-state index in [0.717, 1.165) is 12.3 Å². The van der Waals surface area contributed by atoms with Gasteiger partial charge < -0.3 is 14.8 Å². The summed E-state index contributed by atoms with van der Waals surface area (Å²) < 4.78 is 10.1. The quantitative estimate of drug-likeness (QED) is 0.717. The van der Waals surface area contributed by atoms with Crippen LogP contribution in [-0.2, 0) is 14.3 Å². The molecule has 4 heteroatoms. The fourth-order valence-electron chi connectivity index (χ4n) is 3.14. The first-order valence-corrected chi connectivity index (χ1v) is 6.08. The minimum absolute atomic E-state index is 0.186. The van der Waals surface area contributed by atoms with Crippen LogP contribution in [0.25, 0.3) is 0 Å². The van der Waals surface area contributed by atoms with Gasteiger partial charge in [0.05, 0.1) is 6.54 Å². The SMILES string of the molecule is COC(CNC(=O)C1CC2CCC1C2)OC. The summed E-state index contributed by atoms with van der Waals surface area (Å²) in [4.78, 5) is 11.9. The molecule has 0 spiro atoms. The van der Waals surface area contributed by atoms with Gasteiger partial charge in [-0.25, -0.2) is 0 Å². The summed E-state index contributed by atoms with van der Waals surface area (Å²) in [7, 11) is 3.16. The molecule has 2 fully saturated rings. The lowest BCUT2D eigenvalue weighted by Crippen LogP contribution is -2.39. The van der Waals surface area contributed by atoms with Crippen LogP contribution in [0.4, 0.5) is 0 Å². The topological polar surface area (TPSA) is 47.6 Å². The molecule has 0 aliphatic heterocycles. The van der Waals surface area contributed by atoms with Crippen LogP contribution in [0.15, 0.2) is 0 Å². The lowest BCUT2D eigenvalue weighted by atomic mass is 9.88. The molecule has 0 aromatic carbocycles. The Morgan fingerprint density at radius 1 is 1.31 bits per heavy atom. The number of rotatable bonds is 5. The van der Waals surface area contributed by atoms with Gasteiger partial charge in [-0.3, -0.25) is 4.79 Å². The highest BCUT2D eigenvalue weighted by Crippen LogP contribution is 2.48. The molecule has 3 atom stereocenters. The van der Waals surface area contributed by atoms with Crippen molar-refractivity contribution in [3.05, 3.63) is 0 Å². The van der Waals surface area contributed by atoms with E-state index in [4.69, 9.17) is 9.47 Å². The average molecular weight is 227 g/mol. The standard InChI is InChI=1S/C12H21NO3/c1-15-11(16-2)7-13-12(14)10-6-8-3-4-9(10)5-8/h8-11H,3-7H2,1-2H3,(H,13,14). The van der Waals surface area contributed by atoms with Gasteiger partial charge in [-0.1, -0.05) is 6.42 Å². The first kappa shape index (κ1) is 11.9. The Labute approximate surface area is 96.7 Å². The van der Waals surface area contributed by atoms with Gasteiger partial charge in [0.25, 0.3) is 0 Å². The van der Waals surface area contributed by atoms with Crippen LogP contribution < -0.4 is 5.32 Å². The molecule has 0 aromatic heterocycles. The van der Waals surface area contributed by atoms with E-state index in [1.807, 2.05) is 0 Å². The van der Waals surface area contributed by atoms with Crippen LogP contribution in [0, 0.1) is 17.8 Å². The largest absolute Gasteiger partial charge is 0.354 e. The number of methoxy groups -OCH3 is 2. The Bertz CT molecular complexity index is 253. The molecule has 2 aliphatic carbocycles. The molecule has 2 aliphatic rings. The minimum Gasteiger partial charge on any atom is -0.354 e. The molecule has 1 amide bonds. The molecule has 2 rings (SSSR count). The molecule has 2 bridgehead atoms. The van der Waals surface area contributed by atoms with Crippen LogP contribution in [0.2, 0.25) is 0 Å². The van der Waals surface area contributed by atoms with Crippen molar-refractivity contribution >= 4 is 5.91 Å². The van der Waals surface area contributed by atoms with Crippen LogP contribution in [-0.4, -0.2) is 33.0 Å². The maximum Gasteiger partial charge on any atom is 0.223 e. The van der Waals surface area contributed by atoms with Gasteiger partial charge in [-0.15, -0.1) is 0 Å². The summed E-state index contributed by atoms with van der Waals surface area (Å²) in [5, 5.41) is 2.92. The molecule has 16 heavy (non-hydrogen) atoms. The molecule has 1 N–H and O–H groups in total. The summed E-state index contributed by atoms with van der Waals surface area (Å²) in [6.07, 6.45) is 4.58. The predicted molar refractivity (Wildman–Crippen MR) is 59.8 cm³/mol. The van der Waals surface area contributed by atoms with E-state index in [1.165, 1.54) is 19.3 Å². The Kier molecular flexibility index (Phi) is 3.82. The number of carbonyl (C=O) groups is 1. The van der Waals surface area contributed by atoms with E-state index >= 15 is 0 Å².